The van der Waals surface area contributed by atoms with E-state index in [1.54, 1.807) is 38.1 Å². The van der Waals surface area contributed by atoms with Crippen LogP contribution in [-0.2, 0) is 5.60 Å². The number of alkyl halides is 2. The van der Waals surface area contributed by atoms with Gasteiger partial charge in [-0.3, -0.25) is 0 Å². The molecule has 0 saturated carbocycles. The number of ether oxygens (including phenoxy) is 1. The fourth-order valence-corrected chi connectivity index (χ4v) is 2.10. The lowest BCUT2D eigenvalue weighted by molar-refractivity contribution is -0.0606. The zero-order chi connectivity index (χ0) is 15.2. The number of benzene rings is 1. The number of unbranched alkanes of at least 4 members (excludes halogenated alkanes) is 1. The van der Waals surface area contributed by atoms with Gasteiger partial charge in [-0.1, -0.05) is 39.3 Å². The fraction of sp³-hybridized carbons (Fsp3) is 0.625. The van der Waals surface area contributed by atoms with E-state index in [2.05, 4.69) is 6.92 Å². The van der Waals surface area contributed by atoms with Crippen LogP contribution in [0.3, 0.4) is 0 Å². The first-order valence-electron chi connectivity index (χ1n) is 7.14. The average molecular weight is 286 g/mol. The largest absolute Gasteiger partial charge is 0.494 e. The summed E-state index contributed by atoms with van der Waals surface area (Å²) >= 11 is 0. The molecule has 1 rings (SSSR count). The lowest BCUT2D eigenvalue weighted by atomic mass is 9.81. The highest BCUT2D eigenvalue weighted by atomic mass is 19.3. The minimum absolute atomic E-state index is 0.289. The smallest absolute Gasteiger partial charge is 0.241 e. The molecule has 0 bridgehead atoms. The molecule has 0 spiro atoms. The van der Waals surface area contributed by atoms with Crippen molar-refractivity contribution < 1.29 is 18.6 Å². The summed E-state index contributed by atoms with van der Waals surface area (Å²) in [6.45, 7) is 6.21. The van der Waals surface area contributed by atoms with Gasteiger partial charge < -0.3 is 9.84 Å². The van der Waals surface area contributed by atoms with Crippen molar-refractivity contribution in [3.05, 3.63) is 29.8 Å². The predicted molar refractivity (Wildman–Crippen MR) is 76.2 cm³/mol. The van der Waals surface area contributed by atoms with E-state index in [-0.39, 0.29) is 5.92 Å². The molecule has 4 heteroatoms. The van der Waals surface area contributed by atoms with Crippen molar-refractivity contribution >= 4 is 0 Å². The fourth-order valence-electron chi connectivity index (χ4n) is 2.10. The maximum absolute atomic E-state index is 12.7. The zero-order valence-electron chi connectivity index (χ0n) is 12.4. The zero-order valence-corrected chi connectivity index (χ0v) is 12.4. The van der Waals surface area contributed by atoms with Gasteiger partial charge in [-0.25, -0.2) is 8.78 Å². The number of rotatable bonds is 8. The molecule has 1 N–H and O–H groups in total. The second kappa shape index (κ2) is 7.58. The number of aliphatic hydroxyl groups is 1. The summed E-state index contributed by atoms with van der Waals surface area (Å²) in [5.41, 5.74) is -0.994. The first-order valence-corrected chi connectivity index (χ1v) is 7.14. The van der Waals surface area contributed by atoms with Crippen molar-refractivity contribution in [1.82, 2.24) is 0 Å². The van der Waals surface area contributed by atoms with Gasteiger partial charge in [-0.15, -0.1) is 0 Å². The third-order valence-corrected chi connectivity index (χ3v) is 3.54. The molecule has 0 aliphatic heterocycles. The Morgan fingerprint density at radius 2 is 1.80 bits per heavy atom. The van der Waals surface area contributed by atoms with Gasteiger partial charge in [0.15, 0.2) is 0 Å². The van der Waals surface area contributed by atoms with Gasteiger partial charge in [0.05, 0.1) is 12.2 Å². The van der Waals surface area contributed by atoms with E-state index < -0.39 is 18.4 Å². The third kappa shape index (κ3) is 4.44. The molecule has 20 heavy (non-hydrogen) atoms. The second-order valence-electron chi connectivity index (χ2n) is 5.40. The molecular weight excluding hydrogens is 262 g/mol. The molecule has 0 aliphatic rings. The molecule has 114 valence electrons. The van der Waals surface area contributed by atoms with Gasteiger partial charge in [0.25, 0.3) is 0 Å². The first kappa shape index (κ1) is 16.9. The Bertz CT molecular complexity index is 390. The molecule has 1 aromatic rings. The highest BCUT2D eigenvalue weighted by molar-refractivity contribution is 5.31. The van der Waals surface area contributed by atoms with E-state index in [0.29, 0.717) is 17.9 Å². The molecule has 0 fully saturated rings. The highest BCUT2D eigenvalue weighted by Crippen LogP contribution is 2.36. The average Bonchev–Trinajstić information content (AvgIpc) is 2.38. The predicted octanol–water partition coefficient (Wildman–Crippen LogP) is 4.36. The summed E-state index contributed by atoms with van der Waals surface area (Å²) < 4.78 is 30.9. The Morgan fingerprint density at radius 1 is 1.20 bits per heavy atom. The van der Waals surface area contributed by atoms with Gasteiger partial charge in [0.1, 0.15) is 5.75 Å². The van der Waals surface area contributed by atoms with E-state index >= 15 is 0 Å². The number of hydrogen-bond acceptors (Lipinski definition) is 2. The Balaban J connectivity index is 2.83. The van der Waals surface area contributed by atoms with E-state index in [1.165, 1.54) is 0 Å². The van der Waals surface area contributed by atoms with Crippen molar-refractivity contribution in [2.45, 2.75) is 52.1 Å². The van der Waals surface area contributed by atoms with Crippen LogP contribution in [0.15, 0.2) is 24.3 Å². The van der Waals surface area contributed by atoms with Gasteiger partial charge in [-0.05, 0) is 30.0 Å². The summed E-state index contributed by atoms with van der Waals surface area (Å²) in [5.74, 6) is 0.411. The summed E-state index contributed by atoms with van der Waals surface area (Å²) in [5, 5.41) is 10.5. The minimum atomic E-state index is -2.54. The highest BCUT2D eigenvalue weighted by Gasteiger charge is 2.36. The van der Waals surface area contributed by atoms with Crippen LogP contribution in [0, 0.1) is 5.92 Å². The van der Waals surface area contributed by atoms with Gasteiger partial charge in [0, 0.05) is 6.42 Å². The van der Waals surface area contributed by atoms with E-state index in [9.17, 15) is 13.9 Å². The third-order valence-electron chi connectivity index (χ3n) is 3.54. The quantitative estimate of drug-likeness (QED) is 0.719. The molecule has 2 nitrogen and oxygen atoms in total. The molecule has 0 amide bonds. The van der Waals surface area contributed by atoms with Crippen LogP contribution < -0.4 is 4.74 Å². The molecule has 1 aromatic carbocycles. The van der Waals surface area contributed by atoms with Crippen LogP contribution in [0.1, 0.15) is 45.6 Å². The van der Waals surface area contributed by atoms with Crippen molar-refractivity contribution in [3.8, 4) is 5.75 Å². The van der Waals surface area contributed by atoms with Crippen molar-refractivity contribution in [2.24, 2.45) is 5.92 Å². The van der Waals surface area contributed by atoms with Crippen LogP contribution in [0.4, 0.5) is 8.78 Å². The van der Waals surface area contributed by atoms with E-state index in [4.69, 9.17) is 4.74 Å². The molecule has 0 aliphatic carbocycles. The van der Waals surface area contributed by atoms with Gasteiger partial charge in [-0.2, -0.15) is 0 Å². The summed E-state index contributed by atoms with van der Waals surface area (Å²) in [6.07, 6.45) is -1.06. The first-order chi connectivity index (χ1) is 9.40. The molecule has 0 heterocycles. The lowest BCUT2D eigenvalue weighted by Crippen LogP contribution is -2.34. The molecule has 1 atom stereocenters. The normalized spacial score (nSPS) is 14.6. The Kier molecular flexibility index (Phi) is 6.40. The van der Waals surface area contributed by atoms with Gasteiger partial charge >= 0.3 is 0 Å². The van der Waals surface area contributed by atoms with Crippen molar-refractivity contribution in [2.75, 3.05) is 6.61 Å². The van der Waals surface area contributed by atoms with Crippen LogP contribution in [-0.4, -0.2) is 18.1 Å². The standard InChI is InChI=1S/C16H24F2O2/c1-4-5-10-20-14-8-6-13(7-9-14)16(19,12(2)3)11-15(17)18/h6-9,12,15,19H,4-5,10-11H2,1-3H3. The molecule has 0 aromatic heterocycles. The molecular formula is C16H24F2O2. The van der Waals surface area contributed by atoms with Crippen LogP contribution in [0.2, 0.25) is 0 Å². The topological polar surface area (TPSA) is 29.5 Å². The maximum atomic E-state index is 12.7. The lowest BCUT2D eigenvalue weighted by Gasteiger charge is -2.32. The summed E-state index contributed by atoms with van der Waals surface area (Å²) in [6, 6.07) is 6.79. The van der Waals surface area contributed by atoms with Crippen LogP contribution in [0.5, 0.6) is 5.75 Å². The minimum Gasteiger partial charge on any atom is -0.494 e. The SMILES string of the molecule is CCCCOc1ccc(C(O)(CC(F)F)C(C)C)cc1. The van der Waals surface area contributed by atoms with Crippen LogP contribution in [0.25, 0.3) is 0 Å². The summed E-state index contributed by atoms with van der Waals surface area (Å²) in [4.78, 5) is 0. The summed E-state index contributed by atoms with van der Waals surface area (Å²) in [7, 11) is 0. The maximum Gasteiger partial charge on any atom is 0.241 e. The Hall–Kier alpha value is -1.16. The van der Waals surface area contributed by atoms with Crippen molar-refractivity contribution in [1.29, 1.82) is 0 Å². The second-order valence-corrected chi connectivity index (χ2v) is 5.40. The van der Waals surface area contributed by atoms with E-state index in [1.807, 2.05) is 0 Å². The number of hydrogen-bond donors (Lipinski definition) is 1. The van der Waals surface area contributed by atoms with Crippen molar-refractivity contribution in [3.63, 3.8) is 0 Å². The monoisotopic (exact) mass is 286 g/mol. The molecule has 0 radical (unpaired) electrons. The van der Waals surface area contributed by atoms with E-state index in [0.717, 1.165) is 12.8 Å². The Morgan fingerprint density at radius 3 is 2.25 bits per heavy atom. The van der Waals surface area contributed by atoms with Gasteiger partial charge in [0.2, 0.25) is 6.43 Å². The van der Waals surface area contributed by atoms with Crippen LogP contribution >= 0.6 is 0 Å². The molecule has 0 saturated heterocycles. The molecule has 1 unspecified atom stereocenters. The number of halogens is 2. The Labute approximate surface area is 119 Å².